The summed E-state index contributed by atoms with van der Waals surface area (Å²) in [7, 11) is 3.05. The topological polar surface area (TPSA) is 50.7 Å². The molecular formula is C15H15ClFNO3. The summed E-state index contributed by atoms with van der Waals surface area (Å²) in [6.07, 6.45) is 0. The van der Waals surface area contributed by atoms with E-state index in [2.05, 4.69) is 5.32 Å². The fourth-order valence-corrected chi connectivity index (χ4v) is 2.14. The van der Waals surface area contributed by atoms with Crippen LogP contribution in [0, 0.1) is 5.82 Å². The SMILES string of the molecule is COc1cc(Cl)c(NCc2cc(O)cc(F)c2)cc1OC. The minimum absolute atomic E-state index is 0.120. The Bertz CT molecular complexity index is 629. The van der Waals surface area contributed by atoms with Crippen LogP contribution in [0.5, 0.6) is 17.2 Å². The van der Waals surface area contributed by atoms with E-state index in [4.69, 9.17) is 21.1 Å². The zero-order valence-corrected chi connectivity index (χ0v) is 12.4. The number of phenolic OH excluding ortho intramolecular Hbond substituents is 1. The molecule has 0 radical (unpaired) electrons. The average Bonchev–Trinajstić information content (AvgIpc) is 2.44. The molecule has 0 amide bonds. The number of halogens is 2. The summed E-state index contributed by atoms with van der Waals surface area (Å²) in [6.45, 7) is 0.306. The Morgan fingerprint density at radius 2 is 1.76 bits per heavy atom. The van der Waals surface area contributed by atoms with Crippen LogP contribution in [0.3, 0.4) is 0 Å². The van der Waals surface area contributed by atoms with Gasteiger partial charge in [0.25, 0.3) is 0 Å². The second-order valence-electron chi connectivity index (χ2n) is 4.36. The zero-order chi connectivity index (χ0) is 15.4. The van der Waals surface area contributed by atoms with E-state index >= 15 is 0 Å². The van der Waals surface area contributed by atoms with E-state index in [1.54, 1.807) is 12.1 Å². The third-order valence-electron chi connectivity index (χ3n) is 2.90. The molecule has 0 atom stereocenters. The van der Waals surface area contributed by atoms with Crippen molar-refractivity contribution in [3.05, 3.63) is 46.7 Å². The molecule has 4 nitrogen and oxygen atoms in total. The van der Waals surface area contributed by atoms with Crippen LogP contribution in [-0.2, 0) is 6.54 Å². The Hall–Kier alpha value is -2.14. The summed E-state index contributed by atoms with van der Waals surface area (Å²) in [5, 5.41) is 12.9. The molecule has 21 heavy (non-hydrogen) atoms. The van der Waals surface area contributed by atoms with Gasteiger partial charge in [0.15, 0.2) is 11.5 Å². The maximum atomic E-state index is 13.2. The summed E-state index contributed by atoms with van der Waals surface area (Å²) in [5.74, 6) is 0.443. The number of hydrogen-bond acceptors (Lipinski definition) is 4. The van der Waals surface area contributed by atoms with Gasteiger partial charge in [0, 0.05) is 24.7 Å². The van der Waals surface area contributed by atoms with Crippen molar-refractivity contribution in [3.63, 3.8) is 0 Å². The number of hydrogen-bond donors (Lipinski definition) is 2. The molecule has 2 N–H and O–H groups in total. The second kappa shape index (κ2) is 6.54. The highest BCUT2D eigenvalue weighted by Crippen LogP contribution is 2.36. The molecule has 0 heterocycles. The Morgan fingerprint density at radius 1 is 1.10 bits per heavy atom. The van der Waals surface area contributed by atoms with Crippen LogP contribution in [0.4, 0.5) is 10.1 Å². The quantitative estimate of drug-likeness (QED) is 0.881. The second-order valence-corrected chi connectivity index (χ2v) is 4.77. The molecule has 0 fully saturated rings. The molecule has 0 aliphatic heterocycles. The van der Waals surface area contributed by atoms with Crippen LogP contribution >= 0.6 is 11.6 Å². The first-order valence-corrected chi connectivity index (χ1v) is 6.55. The Morgan fingerprint density at radius 3 is 2.38 bits per heavy atom. The zero-order valence-electron chi connectivity index (χ0n) is 11.6. The summed E-state index contributed by atoms with van der Waals surface area (Å²) < 4.78 is 23.5. The molecular weight excluding hydrogens is 297 g/mol. The van der Waals surface area contributed by atoms with E-state index in [1.807, 2.05) is 0 Å². The molecule has 0 spiro atoms. The lowest BCUT2D eigenvalue weighted by Crippen LogP contribution is -2.01. The van der Waals surface area contributed by atoms with Crippen molar-refractivity contribution in [3.8, 4) is 17.2 Å². The van der Waals surface area contributed by atoms with E-state index in [1.165, 1.54) is 26.4 Å². The minimum atomic E-state index is -0.495. The molecule has 112 valence electrons. The largest absolute Gasteiger partial charge is 0.508 e. The Kier molecular flexibility index (Phi) is 4.75. The van der Waals surface area contributed by atoms with Gasteiger partial charge in [-0.2, -0.15) is 0 Å². The van der Waals surface area contributed by atoms with Gasteiger partial charge in [-0.3, -0.25) is 0 Å². The molecule has 6 heteroatoms. The number of ether oxygens (including phenoxy) is 2. The van der Waals surface area contributed by atoms with Gasteiger partial charge in [-0.15, -0.1) is 0 Å². The standard InChI is InChI=1S/C15H15ClFNO3/c1-20-14-6-12(16)13(7-15(14)21-2)18-8-9-3-10(17)5-11(19)4-9/h3-7,18-19H,8H2,1-2H3. The third kappa shape index (κ3) is 3.70. The molecule has 0 saturated carbocycles. The van der Waals surface area contributed by atoms with E-state index in [0.717, 1.165) is 6.07 Å². The van der Waals surface area contributed by atoms with Crippen molar-refractivity contribution in [2.45, 2.75) is 6.54 Å². The highest BCUT2D eigenvalue weighted by atomic mass is 35.5. The third-order valence-corrected chi connectivity index (χ3v) is 3.21. The first-order chi connectivity index (χ1) is 10.0. The molecule has 0 aromatic heterocycles. The van der Waals surface area contributed by atoms with Gasteiger partial charge >= 0.3 is 0 Å². The number of methoxy groups -OCH3 is 2. The van der Waals surface area contributed by atoms with Crippen molar-refractivity contribution in [2.24, 2.45) is 0 Å². The summed E-state index contributed by atoms with van der Waals surface area (Å²) in [6, 6.07) is 7.19. The van der Waals surface area contributed by atoms with E-state index in [9.17, 15) is 9.50 Å². The van der Waals surface area contributed by atoms with Crippen LogP contribution in [0.2, 0.25) is 5.02 Å². The fraction of sp³-hybridized carbons (Fsp3) is 0.200. The van der Waals surface area contributed by atoms with Gasteiger partial charge in [-0.05, 0) is 17.7 Å². The van der Waals surface area contributed by atoms with E-state index < -0.39 is 5.82 Å². The highest BCUT2D eigenvalue weighted by molar-refractivity contribution is 6.33. The highest BCUT2D eigenvalue weighted by Gasteiger charge is 2.10. The van der Waals surface area contributed by atoms with Crippen LogP contribution in [0.15, 0.2) is 30.3 Å². The fourth-order valence-electron chi connectivity index (χ4n) is 1.92. The van der Waals surface area contributed by atoms with Crippen molar-refractivity contribution < 1.29 is 19.0 Å². The smallest absolute Gasteiger partial charge is 0.162 e. The number of anilines is 1. The van der Waals surface area contributed by atoms with Gasteiger partial charge in [0.1, 0.15) is 11.6 Å². The van der Waals surface area contributed by atoms with Gasteiger partial charge in [-0.25, -0.2) is 4.39 Å². The summed E-state index contributed by atoms with van der Waals surface area (Å²) in [5.41, 5.74) is 1.22. The first kappa shape index (κ1) is 15.3. The molecule has 0 bridgehead atoms. The lowest BCUT2D eigenvalue weighted by molar-refractivity contribution is 0.355. The minimum Gasteiger partial charge on any atom is -0.508 e. The molecule has 2 aromatic rings. The molecule has 0 unspecified atom stereocenters. The predicted octanol–water partition coefficient (Wildman–Crippen LogP) is 3.81. The number of phenols is 1. The lowest BCUT2D eigenvalue weighted by Gasteiger charge is -2.13. The van der Waals surface area contributed by atoms with Crippen LogP contribution in [-0.4, -0.2) is 19.3 Å². The predicted molar refractivity (Wildman–Crippen MR) is 79.9 cm³/mol. The van der Waals surface area contributed by atoms with E-state index in [0.29, 0.717) is 34.3 Å². The number of aromatic hydroxyl groups is 1. The van der Waals surface area contributed by atoms with Crippen LogP contribution in [0.1, 0.15) is 5.56 Å². The molecule has 0 aliphatic rings. The number of benzene rings is 2. The monoisotopic (exact) mass is 311 g/mol. The van der Waals surface area contributed by atoms with Gasteiger partial charge in [-0.1, -0.05) is 11.6 Å². The van der Waals surface area contributed by atoms with Gasteiger partial charge in [0.05, 0.1) is 24.9 Å². The van der Waals surface area contributed by atoms with Crippen molar-refractivity contribution in [1.29, 1.82) is 0 Å². The molecule has 0 saturated heterocycles. The normalized spacial score (nSPS) is 10.3. The molecule has 2 aromatic carbocycles. The average molecular weight is 312 g/mol. The van der Waals surface area contributed by atoms with Gasteiger partial charge in [0.2, 0.25) is 0 Å². The number of nitrogens with one attached hydrogen (secondary N) is 1. The van der Waals surface area contributed by atoms with Gasteiger partial charge < -0.3 is 19.9 Å². The van der Waals surface area contributed by atoms with Crippen LogP contribution < -0.4 is 14.8 Å². The van der Waals surface area contributed by atoms with Crippen molar-refractivity contribution in [2.75, 3.05) is 19.5 Å². The molecule has 0 aliphatic carbocycles. The maximum absolute atomic E-state index is 13.2. The van der Waals surface area contributed by atoms with Crippen molar-refractivity contribution >= 4 is 17.3 Å². The summed E-state index contributed by atoms with van der Waals surface area (Å²) >= 11 is 6.14. The van der Waals surface area contributed by atoms with E-state index in [-0.39, 0.29) is 5.75 Å². The van der Waals surface area contributed by atoms with Crippen LogP contribution in [0.25, 0.3) is 0 Å². The maximum Gasteiger partial charge on any atom is 0.162 e. The molecule has 2 rings (SSSR count). The lowest BCUT2D eigenvalue weighted by atomic mass is 10.2. The van der Waals surface area contributed by atoms with Crippen molar-refractivity contribution in [1.82, 2.24) is 0 Å². The summed E-state index contributed by atoms with van der Waals surface area (Å²) in [4.78, 5) is 0. The Labute approximate surface area is 127 Å². The number of rotatable bonds is 5. The Balaban J connectivity index is 2.19. The first-order valence-electron chi connectivity index (χ1n) is 6.17.